The minimum absolute atomic E-state index is 0. The third-order valence-corrected chi connectivity index (χ3v) is 1.01. The summed E-state index contributed by atoms with van der Waals surface area (Å²) in [5.74, 6) is -1.13. The molecule has 0 aliphatic heterocycles. The van der Waals surface area contributed by atoms with Crippen LogP contribution in [0.15, 0.2) is 30.3 Å². The molecule has 0 saturated heterocycles. The number of benzene rings is 1. The van der Waals surface area contributed by atoms with Crippen molar-refractivity contribution in [3.05, 3.63) is 35.9 Å². The van der Waals surface area contributed by atoms with Crippen molar-refractivity contribution in [1.29, 1.82) is 0 Å². The molecule has 0 aliphatic rings. The van der Waals surface area contributed by atoms with Crippen LogP contribution < -0.4 is 34.7 Å². The Morgan fingerprint density at radius 3 is 2.00 bits per heavy atom. The molecule has 3 nitrogen and oxygen atoms in total. The molecule has 1 aromatic rings. The molecule has 0 radical (unpaired) electrons. The van der Waals surface area contributed by atoms with Crippen LogP contribution in [0.2, 0.25) is 0 Å². The van der Waals surface area contributed by atoms with Crippen LogP contribution in [0.4, 0.5) is 0 Å². The Kier molecular flexibility index (Phi) is 11.3. The summed E-state index contributed by atoms with van der Waals surface area (Å²) in [6.45, 7) is 1.93. The fourth-order valence-corrected chi connectivity index (χ4v) is 0.574. The minimum atomic E-state index is -1.13. The summed E-state index contributed by atoms with van der Waals surface area (Å²) >= 11 is 0. The van der Waals surface area contributed by atoms with Gasteiger partial charge in [0.1, 0.15) is 0 Å². The van der Waals surface area contributed by atoms with Gasteiger partial charge in [0.25, 0.3) is 0 Å². The third kappa shape index (κ3) is 7.99. The van der Waals surface area contributed by atoms with E-state index in [2.05, 4.69) is 0 Å². The molecule has 0 heterocycles. The molecule has 0 aromatic heterocycles. The number of carboxylic acid groups (broad SMARTS) is 1. The van der Waals surface area contributed by atoms with Crippen LogP contribution in [-0.2, 0) is 0 Å². The van der Waals surface area contributed by atoms with Crippen LogP contribution in [0.1, 0.15) is 17.3 Å². The zero-order valence-electron chi connectivity index (χ0n) is 7.86. The smallest absolute Gasteiger partial charge is 0.545 e. The van der Waals surface area contributed by atoms with E-state index < -0.39 is 5.97 Å². The van der Waals surface area contributed by atoms with Gasteiger partial charge in [-0.25, -0.2) is 0 Å². The van der Waals surface area contributed by atoms with Crippen LogP contribution in [-0.4, -0.2) is 17.7 Å². The normalized spacial score (nSPS) is 7.54. The van der Waals surface area contributed by atoms with Crippen LogP contribution in [0.3, 0.4) is 0 Å². The molecule has 1 aromatic carbocycles. The Labute approximate surface area is 99.7 Å². The first-order valence-corrected chi connectivity index (χ1v) is 3.59. The molecular weight excluding hydrogens is 179 g/mol. The van der Waals surface area contributed by atoms with Gasteiger partial charge in [0, 0.05) is 6.61 Å². The van der Waals surface area contributed by atoms with Gasteiger partial charge in [-0.05, 0) is 12.5 Å². The van der Waals surface area contributed by atoms with Gasteiger partial charge >= 0.3 is 29.6 Å². The number of rotatable bonds is 1. The standard InChI is InChI=1S/C7H6O2.C2H6O.Na/c8-7(9)6-4-2-1-3-5-6;1-2-3;/h1-5H,(H,8,9);3H,2H2,1H3;/q;;+1/p-1. The van der Waals surface area contributed by atoms with E-state index in [4.69, 9.17) is 5.11 Å². The van der Waals surface area contributed by atoms with E-state index in [1.165, 1.54) is 12.1 Å². The second-order valence-electron chi connectivity index (χ2n) is 1.97. The van der Waals surface area contributed by atoms with Crippen molar-refractivity contribution in [3.63, 3.8) is 0 Å². The number of carbonyl (C=O) groups is 1. The van der Waals surface area contributed by atoms with Crippen molar-refractivity contribution in [1.82, 2.24) is 0 Å². The fraction of sp³-hybridized carbons (Fsp3) is 0.222. The molecule has 66 valence electrons. The Bertz CT molecular complexity index is 224. The molecule has 0 fully saturated rings. The van der Waals surface area contributed by atoms with Crippen molar-refractivity contribution in [2.24, 2.45) is 0 Å². The average molecular weight is 190 g/mol. The van der Waals surface area contributed by atoms with Gasteiger partial charge < -0.3 is 15.0 Å². The van der Waals surface area contributed by atoms with Gasteiger partial charge in [-0.2, -0.15) is 0 Å². The number of carboxylic acids is 1. The molecule has 0 bridgehead atoms. The zero-order valence-corrected chi connectivity index (χ0v) is 9.86. The monoisotopic (exact) mass is 190 g/mol. The largest absolute Gasteiger partial charge is 1.00 e. The summed E-state index contributed by atoms with van der Waals surface area (Å²) in [7, 11) is 0. The van der Waals surface area contributed by atoms with Gasteiger partial charge in [0.05, 0.1) is 5.97 Å². The number of aromatic carboxylic acids is 1. The Morgan fingerprint density at radius 1 is 1.38 bits per heavy atom. The molecule has 0 amide bonds. The van der Waals surface area contributed by atoms with Gasteiger partial charge in [0.15, 0.2) is 0 Å². The van der Waals surface area contributed by atoms with E-state index in [-0.39, 0.29) is 41.7 Å². The molecular formula is C9H11NaO3. The van der Waals surface area contributed by atoms with Crippen LogP contribution in [0.5, 0.6) is 0 Å². The molecule has 0 aliphatic carbocycles. The van der Waals surface area contributed by atoms with Crippen molar-refractivity contribution in [3.8, 4) is 0 Å². The first-order valence-electron chi connectivity index (χ1n) is 3.59. The zero-order chi connectivity index (χ0) is 9.40. The molecule has 0 unspecified atom stereocenters. The Hall–Kier alpha value is -0.350. The van der Waals surface area contributed by atoms with E-state index in [1.807, 2.05) is 0 Å². The Morgan fingerprint density at radius 2 is 1.77 bits per heavy atom. The molecule has 0 spiro atoms. The number of carbonyl (C=O) groups excluding carboxylic acids is 1. The Balaban J connectivity index is 0. The van der Waals surface area contributed by atoms with Gasteiger partial charge in [-0.1, -0.05) is 30.3 Å². The summed E-state index contributed by atoms with van der Waals surface area (Å²) in [4.78, 5) is 10.1. The van der Waals surface area contributed by atoms with Crippen molar-refractivity contribution < 1.29 is 44.6 Å². The van der Waals surface area contributed by atoms with Crippen LogP contribution in [0.25, 0.3) is 0 Å². The molecule has 13 heavy (non-hydrogen) atoms. The number of hydrogen-bond donors (Lipinski definition) is 1. The van der Waals surface area contributed by atoms with Crippen LogP contribution >= 0.6 is 0 Å². The maximum atomic E-state index is 10.1. The molecule has 0 saturated carbocycles. The molecule has 1 rings (SSSR count). The second kappa shape index (κ2) is 9.74. The van der Waals surface area contributed by atoms with Crippen LogP contribution in [0, 0.1) is 0 Å². The number of hydrogen-bond acceptors (Lipinski definition) is 3. The SMILES string of the molecule is CCO.O=C([O-])c1ccccc1.[Na+]. The van der Waals surface area contributed by atoms with E-state index in [1.54, 1.807) is 25.1 Å². The number of aliphatic hydroxyl groups is 1. The number of aliphatic hydroxyl groups excluding tert-OH is 1. The van der Waals surface area contributed by atoms with E-state index in [0.29, 0.717) is 0 Å². The van der Waals surface area contributed by atoms with E-state index >= 15 is 0 Å². The first-order chi connectivity index (χ1) is 5.72. The van der Waals surface area contributed by atoms with Crippen molar-refractivity contribution in [2.45, 2.75) is 6.92 Å². The second-order valence-corrected chi connectivity index (χ2v) is 1.97. The average Bonchev–Trinajstić information content (AvgIpc) is 2.07. The first kappa shape index (κ1) is 15.1. The van der Waals surface area contributed by atoms with Gasteiger partial charge in [-0.3, -0.25) is 0 Å². The van der Waals surface area contributed by atoms with Gasteiger partial charge in [-0.15, -0.1) is 0 Å². The summed E-state index contributed by atoms with van der Waals surface area (Å²) in [6, 6.07) is 8.06. The molecule has 1 N–H and O–H groups in total. The summed E-state index contributed by atoms with van der Waals surface area (Å²) in [5.41, 5.74) is 0.220. The maximum absolute atomic E-state index is 10.1. The molecule has 4 heteroatoms. The molecule has 0 atom stereocenters. The predicted molar refractivity (Wildman–Crippen MR) is 43.5 cm³/mol. The quantitative estimate of drug-likeness (QED) is 0.482. The van der Waals surface area contributed by atoms with Crippen molar-refractivity contribution >= 4 is 5.97 Å². The van der Waals surface area contributed by atoms with E-state index in [0.717, 1.165) is 0 Å². The summed E-state index contributed by atoms with van der Waals surface area (Å²) < 4.78 is 0. The van der Waals surface area contributed by atoms with Crippen molar-refractivity contribution in [2.75, 3.05) is 6.61 Å². The summed E-state index contributed by atoms with van der Waals surface area (Å²) in [6.07, 6.45) is 0. The fourth-order valence-electron chi connectivity index (χ4n) is 0.574. The maximum Gasteiger partial charge on any atom is 1.00 e. The summed E-state index contributed by atoms with van der Waals surface area (Å²) in [5, 5.41) is 17.7. The van der Waals surface area contributed by atoms with E-state index in [9.17, 15) is 9.90 Å². The predicted octanol–water partition coefficient (Wildman–Crippen LogP) is -2.95. The topological polar surface area (TPSA) is 60.4 Å². The van der Waals surface area contributed by atoms with Gasteiger partial charge in [0.2, 0.25) is 0 Å². The third-order valence-electron chi connectivity index (χ3n) is 1.01. The minimum Gasteiger partial charge on any atom is -0.545 e.